The summed E-state index contributed by atoms with van der Waals surface area (Å²) in [6.07, 6.45) is 1.80. The van der Waals surface area contributed by atoms with Crippen LogP contribution in [0.5, 0.6) is 5.75 Å². The molecule has 0 radical (unpaired) electrons. The lowest BCUT2D eigenvalue weighted by atomic mass is 10.2. The summed E-state index contributed by atoms with van der Waals surface area (Å²) in [5.74, 6) is 0.932. The van der Waals surface area contributed by atoms with Gasteiger partial charge in [0.15, 0.2) is 0 Å². The van der Waals surface area contributed by atoms with Crippen molar-refractivity contribution in [3.8, 4) is 5.75 Å². The molecule has 0 aliphatic rings. The molecule has 0 aromatic heterocycles. The van der Waals surface area contributed by atoms with Crippen molar-refractivity contribution in [2.24, 2.45) is 0 Å². The zero-order chi connectivity index (χ0) is 15.7. The minimum atomic E-state index is -1.07. The second-order valence-electron chi connectivity index (χ2n) is 3.96. The van der Waals surface area contributed by atoms with Gasteiger partial charge in [-0.05, 0) is 18.2 Å². The monoisotopic (exact) mass is 310 g/mol. The third-order valence-electron chi connectivity index (χ3n) is 2.46. The number of carbonyl (C=O) groups excluding carboxylic acids is 1. The zero-order valence-corrected chi connectivity index (χ0v) is 12.5. The molecule has 0 heterocycles. The highest BCUT2D eigenvalue weighted by atomic mass is 32.2. The van der Waals surface area contributed by atoms with Crippen molar-refractivity contribution in [2.75, 3.05) is 30.5 Å². The molecule has 3 N–H and O–H groups in total. The third-order valence-corrected chi connectivity index (χ3v) is 3.43. The number of nitrogens with one attached hydrogen (secondary N) is 2. The highest BCUT2D eigenvalue weighted by Gasteiger charge is 2.11. The maximum atomic E-state index is 11.7. The van der Waals surface area contributed by atoms with Crippen LogP contribution in [0.25, 0.3) is 0 Å². The van der Waals surface area contributed by atoms with Crippen LogP contribution in [0.2, 0.25) is 0 Å². The maximum Gasteiger partial charge on any atom is 0.335 e. The summed E-state index contributed by atoms with van der Waals surface area (Å²) in [6.45, 7) is 4.11. The lowest BCUT2D eigenvalue weighted by Crippen LogP contribution is -2.30. The van der Waals surface area contributed by atoms with Crippen LogP contribution in [-0.2, 0) is 0 Å². The zero-order valence-electron chi connectivity index (χ0n) is 11.7. The molecule has 0 unspecified atom stereocenters. The molecule has 21 heavy (non-hydrogen) atoms. The van der Waals surface area contributed by atoms with E-state index in [1.165, 1.54) is 25.3 Å². The Kier molecular flexibility index (Phi) is 7.17. The Morgan fingerprint density at radius 2 is 2.24 bits per heavy atom. The number of thioether (sulfide) groups is 1. The molecular formula is C14H18N2O4S. The number of amides is 2. The molecule has 0 fully saturated rings. The number of carboxylic acid groups (broad SMARTS) is 1. The molecule has 2 amide bonds. The lowest BCUT2D eigenvalue weighted by Gasteiger charge is -2.11. The number of benzene rings is 1. The van der Waals surface area contributed by atoms with Crippen molar-refractivity contribution in [2.45, 2.75) is 0 Å². The first-order valence-electron chi connectivity index (χ1n) is 6.23. The van der Waals surface area contributed by atoms with Crippen molar-refractivity contribution in [3.05, 3.63) is 36.4 Å². The van der Waals surface area contributed by atoms with Crippen molar-refractivity contribution >= 4 is 29.4 Å². The number of methoxy groups -OCH3 is 1. The summed E-state index contributed by atoms with van der Waals surface area (Å²) in [5.41, 5.74) is 0.390. The van der Waals surface area contributed by atoms with E-state index in [9.17, 15) is 9.59 Å². The normalized spacial score (nSPS) is 9.76. The maximum absolute atomic E-state index is 11.7. The van der Waals surface area contributed by atoms with Crippen LogP contribution >= 0.6 is 11.8 Å². The molecule has 0 atom stereocenters. The van der Waals surface area contributed by atoms with Crippen molar-refractivity contribution in [1.29, 1.82) is 0 Å². The Hall–Kier alpha value is -2.15. The molecule has 0 aliphatic carbocycles. The summed E-state index contributed by atoms with van der Waals surface area (Å²) in [5, 5.41) is 14.2. The Bertz CT molecular complexity index is 520. The first-order valence-corrected chi connectivity index (χ1v) is 7.38. The number of hydrogen-bond acceptors (Lipinski definition) is 4. The minimum absolute atomic E-state index is 0.0765. The number of aromatic carboxylic acids is 1. The van der Waals surface area contributed by atoms with Gasteiger partial charge < -0.3 is 20.5 Å². The first-order chi connectivity index (χ1) is 10.1. The molecule has 1 aromatic carbocycles. The van der Waals surface area contributed by atoms with Crippen LogP contribution in [0.4, 0.5) is 10.5 Å². The topological polar surface area (TPSA) is 87.7 Å². The van der Waals surface area contributed by atoms with Gasteiger partial charge in [0.05, 0.1) is 18.4 Å². The predicted octanol–water partition coefficient (Wildman–Crippen LogP) is 2.43. The minimum Gasteiger partial charge on any atom is -0.495 e. The molecular weight excluding hydrogens is 292 g/mol. The van der Waals surface area contributed by atoms with Crippen LogP contribution < -0.4 is 15.4 Å². The van der Waals surface area contributed by atoms with Gasteiger partial charge in [0.1, 0.15) is 5.75 Å². The van der Waals surface area contributed by atoms with E-state index in [0.29, 0.717) is 18.0 Å². The molecule has 7 heteroatoms. The Morgan fingerprint density at radius 3 is 2.86 bits per heavy atom. The van der Waals surface area contributed by atoms with E-state index in [4.69, 9.17) is 9.84 Å². The SMILES string of the molecule is C=CCSCCNC(=O)Nc1cc(C(=O)O)ccc1OC. The van der Waals surface area contributed by atoms with Crippen LogP contribution in [0, 0.1) is 0 Å². The van der Waals surface area contributed by atoms with Gasteiger partial charge in [0, 0.05) is 18.1 Å². The molecule has 114 valence electrons. The summed E-state index contributed by atoms with van der Waals surface area (Å²) in [7, 11) is 1.45. The fraction of sp³-hybridized carbons (Fsp3) is 0.286. The van der Waals surface area contributed by atoms with E-state index in [1.54, 1.807) is 17.8 Å². The largest absolute Gasteiger partial charge is 0.495 e. The first kappa shape index (κ1) is 16.9. The lowest BCUT2D eigenvalue weighted by molar-refractivity contribution is 0.0697. The number of urea groups is 1. The van der Waals surface area contributed by atoms with Gasteiger partial charge in [0.25, 0.3) is 0 Å². The van der Waals surface area contributed by atoms with Crippen molar-refractivity contribution in [1.82, 2.24) is 5.32 Å². The molecule has 0 saturated heterocycles. The van der Waals surface area contributed by atoms with Crippen molar-refractivity contribution in [3.63, 3.8) is 0 Å². The smallest absolute Gasteiger partial charge is 0.335 e. The van der Waals surface area contributed by atoms with Gasteiger partial charge in [-0.15, -0.1) is 6.58 Å². The standard InChI is InChI=1S/C14H18N2O4S/c1-3-7-21-8-6-15-14(19)16-11-9-10(13(17)18)4-5-12(11)20-2/h3-5,9H,1,6-8H2,2H3,(H,17,18)(H2,15,16,19). The quantitative estimate of drug-likeness (QED) is 0.507. The highest BCUT2D eigenvalue weighted by Crippen LogP contribution is 2.25. The van der Waals surface area contributed by atoms with Gasteiger partial charge in [-0.25, -0.2) is 9.59 Å². The van der Waals surface area contributed by atoms with E-state index in [2.05, 4.69) is 17.2 Å². The molecule has 0 aliphatic heterocycles. The van der Waals surface area contributed by atoms with E-state index < -0.39 is 12.0 Å². The van der Waals surface area contributed by atoms with Crippen LogP contribution in [0.3, 0.4) is 0 Å². The second-order valence-corrected chi connectivity index (χ2v) is 5.11. The van der Waals surface area contributed by atoms with E-state index in [1.807, 2.05) is 0 Å². The van der Waals surface area contributed by atoms with Gasteiger partial charge in [0.2, 0.25) is 0 Å². The Balaban J connectivity index is 2.59. The Labute approximate surface area is 127 Å². The number of ether oxygens (including phenoxy) is 1. The van der Waals surface area contributed by atoms with Gasteiger partial charge in [-0.2, -0.15) is 11.8 Å². The fourth-order valence-electron chi connectivity index (χ4n) is 1.51. The van der Waals surface area contributed by atoms with E-state index in [-0.39, 0.29) is 5.56 Å². The van der Waals surface area contributed by atoms with Crippen LogP contribution in [0.1, 0.15) is 10.4 Å². The van der Waals surface area contributed by atoms with Crippen LogP contribution in [-0.4, -0.2) is 42.3 Å². The van der Waals surface area contributed by atoms with E-state index in [0.717, 1.165) is 11.5 Å². The second kappa shape index (κ2) is 8.91. The molecule has 1 rings (SSSR count). The summed E-state index contributed by atoms with van der Waals surface area (Å²) >= 11 is 1.65. The van der Waals surface area contributed by atoms with Gasteiger partial charge in [-0.1, -0.05) is 6.08 Å². The van der Waals surface area contributed by atoms with Gasteiger partial charge in [-0.3, -0.25) is 0 Å². The number of hydrogen-bond donors (Lipinski definition) is 3. The Morgan fingerprint density at radius 1 is 1.48 bits per heavy atom. The number of rotatable bonds is 8. The number of carboxylic acids is 1. The molecule has 0 spiro atoms. The number of anilines is 1. The summed E-state index contributed by atoms with van der Waals surface area (Å²) in [4.78, 5) is 22.7. The average molecular weight is 310 g/mol. The van der Waals surface area contributed by atoms with Crippen LogP contribution in [0.15, 0.2) is 30.9 Å². The fourth-order valence-corrected chi connectivity index (χ4v) is 2.09. The highest BCUT2D eigenvalue weighted by molar-refractivity contribution is 7.99. The van der Waals surface area contributed by atoms with Crippen molar-refractivity contribution < 1.29 is 19.4 Å². The summed E-state index contributed by atoms with van der Waals surface area (Å²) in [6, 6.07) is 3.86. The molecule has 0 saturated carbocycles. The molecule has 1 aromatic rings. The third kappa shape index (κ3) is 5.78. The van der Waals surface area contributed by atoms with Gasteiger partial charge >= 0.3 is 12.0 Å². The average Bonchev–Trinajstić information content (AvgIpc) is 2.46. The molecule has 6 nitrogen and oxygen atoms in total. The number of carbonyl (C=O) groups is 2. The van der Waals surface area contributed by atoms with E-state index >= 15 is 0 Å². The molecule has 0 bridgehead atoms. The summed E-state index contributed by atoms with van der Waals surface area (Å²) < 4.78 is 5.09. The predicted molar refractivity (Wildman–Crippen MR) is 84.5 cm³/mol.